The van der Waals surface area contributed by atoms with E-state index < -0.39 is 6.04 Å². The number of carbonyl (C=O) groups is 1. The van der Waals surface area contributed by atoms with Crippen molar-refractivity contribution in [1.29, 1.82) is 0 Å². The molecule has 3 N–H and O–H groups in total. The molecule has 0 aliphatic rings. The fourth-order valence-corrected chi connectivity index (χ4v) is 4.37. The predicted molar refractivity (Wildman–Crippen MR) is 121 cm³/mol. The summed E-state index contributed by atoms with van der Waals surface area (Å²) in [6.45, 7) is 1.89. The van der Waals surface area contributed by atoms with Gasteiger partial charge in [-0.2, -0.15) is 0 Å². The molecule has 158 valence electrons. The number of anilines is 2. The number of hydrogen-bond acceptors (Lipinski definition) is 6. The number of nitrogens with one attached hydrogen (secondary N) is 1. The second-order valence-corrected chi connectivity index (χ2v) is 8.13. The highest BCUT2D eigenvalue weighted by molar-refractivity contribution is 7.98. The van der Waals surface area contributed by atoms with E-state index in [9.17, 15) is 4.79 Å². The molecule has 0 saturated carbocycles. The van der Waals surface area contributed by atoms with Crippen LogP contribution in [0.5, 0.6) is 5.75 Å². The number of nitrogen functional groups attached to an aromatic ring is 1. The first-order chi connectivity index (χ1) is 14.4. The molecule has 0 bridgehead atoms. The molecule has 1 amide bonds. The van der Waals surface area contributed by atoms with Crippen LogP contribution in [0.15, 0.2) is 47.6 Å². The van der Waals surface area contributed by atoms with Crippen LogP contribution in [-0.4, -0.2) is 27.8 Å². The van der Waals surface area contributed by atoms with Crippen molar-refractivity contribution in [2.75, 3.05) is 18.2 Å². The lowest BCUT2D eigenvalue weighted by molar-refractivity contribution is -0.119. The van der Waals surface area contributed by atoms with Crippen LogP contribution in [0, 0.1) is 0 Å². The Labute approximate surface area is 188 Å². The van der Waals surface area contributed by atoms with Crippen LogP contribution < -0.4 is 15.8 Å². The summed E-state index contributed by atoms with van der Waals surface area (Å²) in [4.78, 5) is 13.1. The fourth-order valence-electron chi connectivity index (χ4n) is 2.92. The molecule has 0 aliphatic carbocycles. The zero-order chi connectivity index (χ0) is 21.7. The van der Waals surface area contributed by atoms with Crippen molar-refractivity contribution >= 4 is 52.5 Å². The van der Waals surface area contributed by atoms with Gasteiger partial charge in [-0.05, 0) is 36.2 Å². The van der Waals surface area contributed by atoms with Gasteiger partial charge in [-0.15, -0.1) is 10.2 Å². The molecule has 7 nitrogen and oxygen atoms in total. The molecular formula is C20H21Cl2N5O2S. The second-order valence-electron chi connectivity index (χ2n) is 6.35. The van der Waals surface area contributed by atoms with Crippen LogP contribution in [0.3, 0.4) is 0 Å². The zero-order valence-electron chi connectivity index (χ0n) is 16.4. The molecule has 10 heteroatoms. The summed E-state index contributed by atoms with van der Waals surface area (Å²) in [6, 6.07) is 12.0. The summed E-state index contributed by atoms with van der Waals surface area (Å²) in [5, 5.41) is 12.7. The maximum absolute atomic E-state index is 13.1. The minimum Gasteiger partial charge on any atom is -0.495 e. The molecule has 1 atom stereocenters. The Morgan fingerprint density at radius 2 is 2.03 bits per heavy atom. The van der Waals surface area contributed by atoms with Gasteiger partial charge in [0.2, 0.25) is 11.9 Å². The van der Waals surface area contributed by atoms with Gasteiger partial charge in [0.05, 0.1) is 12.8 Å². The number of halogens is 2. The van der Waals surface area contributed by atoms with Crippen LogP contribution in [0.1, 0.15) is 24.9 Å². The SMILES string of the molecule is CCC(C(=O)Nc1cc(Cl)ccc1OC)n1c(N)nnc1SCc1ccccc1Cl. The number of rotatable bonds is 8. The first-order valence-electron chi connectivity index (χ1n) is 9.15. The number of carbonyl (C=O) groups excluding carboxylic acids is 1. The topological polar surface area (TPSA) is 95.1 Å². The number of nitrogens with two attached hydrogens (primary N) is 1. The van der Waals surface area contributed by atoms with Gasteiger partial charge < -0.3 is 15.8 Å². The number of methoxy groups -OCH3 is 1. The van der Waals surface area contributed by atoms with Crippen molar-refractivity contribution in [3.8, 4) is 5.75 Å². The quantitative estimate of drug-likeness (QED) is 0.451. The lowest BCUT2D eigenvalue weighted by Crippen LogP contribution is -2.27. The van der Waals surface area contributed by atoms with E-state index in [1.807, 2.05) is 31.2 Å². The third-order valence-electron chi connectivity index (χ3n) is 4.43. The van der Waals surface area contributed by atoms with E-state index in [-0.39, 0.29) is 11.9 Å². The van der Waals surface area contributed by atoms with E-state index in [0.29, 0.717) is 38.8 Å². The third-order valence-corrected chi connectivity index (χ3v) is 6.02. The van der Waals surface area contributed by atoms with E-state index >= 15 is 0 Å². The maximum atomic E-state index is 13.1. The summed E-state index contributed by atoms with van der Waals surface area (Å²) in [5.74, 6) is 0.964. The van der Waals surface area contributed by atoms with Crippen LogP contribution in [0.25, 0.3) is 0 Å². The Morgan fingerprint density at radius 1 is 1.27 bits per heavy atom. The van der Waals surface area contributed by atoms with Gasteiger partial charge in [0.25, 0.3) is 0 Å². The minimum atomic E-state index is -0.613. The standard InChI is InChI=1S/C20H21Cl2N5O2S/c1-3-16(18(28)24-15-10-13(21)8-9-17(15)29-2)27-19(23)25-26-20(27)30-11-12-6-4-5-7-14(12)22/h4-10,16H,3,11H2,1-2H3,(H2,23,25)(H,24,28). The molecule has 0 spiro atoms. The van der Waals surface area contributed by atoms with Gasteiger partial charge in [0.15, 0.2) is 5.16 Å². The predicted octanol–water partition coefficient (Wildman–Crippen LogP) is 5.06. The number of thioether (sulfide) groups is 1. The molecule has 1 aromatic heterocycles. The Balaban J connectivity index is 1.83. The average Bonchev–Trinajstić information content (AvgIpc) is 3.08. The van der Waals surface area contributed by atoms with Crippen molar-refractivity contribution in [1.82, 2.24) is 14.8 Å². The van der Waals surface area contributed by atoms with Gasteiger partial charge in [0, 0.05) is 15.8 Å². The summed E-state index contributed by atoms with van der Waals surface area (Å²) in [6.07, 6.45) is 0.483. The van der Waals surface area contributed by atoms with Crippen molar-refractivity contribution in [3.05, 3.63) is 58.1 Å². The van der Waals surface area contributed by atoms with Gasteiger partial charge in [0.1, 0.15) is 11.8 Å². The number of aromatic nitrogens is 3. The van der Waals surface area contributed by atoms with Gasteiger partial charge in [-0.25, -0.2) is 0 Å². The Kier molecular flexibility index (Phi) is 7.47. The van der Waals surface area contributed by atoms with Crippen LogP contribution >= 0.6 is 35.0 Å². The number of nitrogens with zero attached hydrogens (tertiary/aromatic N) is 3. The largest absolute Gasteiger partial charge is 0.495 e. The Hall–Kier alpha value is -2.42. The summed E-state index contributed by atoms with van der Waals surface area (Å²) >= 11 is 13.7. The molecule has 3 aromatic rings. The number of amides is 1. The Bertz CT molecular complexity index is 1040. The van der Waals surface area contributed by atoms with Crippen molar-refractivity contribution in [2.24, 2.45) is 0 Å². The molecule has 3 rings (SSSR count). The van der Waals surface area contributed by atoms with Crippen molar-refractivity contribution < 1.29 is 9.53 Å². The van der Waals surface area contributed by atoms with E-state index in [1.54, 1.807) is 22.8 Å². The normalized spacial score (nSPS) is 11.9. The third kappa shape index (κ3) is 5.00. The maximum Gasteiger partial charge on any atom is 0.247 e. The van der Waals surface area contributed by atoms with Gasteiger partial charge in [-0.1, -0.05) is 60.1 Å². The lowest BCUT2D eigenvalue weighted by atomic mass is 10.2. The van der Waals surface area contributed by atoms with E-state index in [1.165, 1.54) is 18.9 Å². The van der Waals surface area contributed by atoms with E-state index in [2.05, 4.69) is 15.5 Å². The highest BCUT2D eigenvalue weighted by Gasteiger charge is 2.26. The monoisotopic (exact) mass is 465 g/mol. The smallest absolute Gasteiger partial charge is 0.247 e. The summed E-state index contributed by atoms with van der Waals surface area (Å²) < 4.78 is 6.94. The lowest BCUT2D eigenvalue weighted by Gasteiger charge is -2.20. The average molecular weight is 466 g/mol. The van der Waals surface area contributed by atoms with E-state index in [0.717, 1.165) is 5.56 Å². The summed E-state index contributed by atoms with van der Waals surface area (Å²) in [7, 11) is 1.53. The van der Waals surface area contributed by atoms with E-state index in [4.69, 9.17) is 33.7 Å². The van der Waals surface area contributed by atoms with Crippen LogP contribution in [0.4, 0.5) is 11.6 Å². The molecular weight excluding hydrogens is 445 g/mol. The molecule has 0 aliphatic heterocycles. The molecule has 1 heterocycles. The van der Waals surface area contributed by atoms with Crippen LogP contribution in [0.2, 0.25) is 10.0 Å². The van der Waals surface area contributed by atoms with Crippen molar-refractivity contribution in [3.63, 3.8) is 0 Å². The van der Waals surface area contributed by atoms with Gasteiger partial charge in [-0.3, -0.25) is 9.36 Å². The first kappa shape index (κ1) is 22.3. The van der Waals surface area contributed by atoms with Crippen molar-refractivity contribution in [2.45, 2.75) is 30.3 Å². The highest BCUT2D eigenvalue weighted by atomic mass is 35.5. The van der Waals surface area contributed by atoms with Crippen LogP contribution in [-0.2, 0) is 10.5 Å². The zero-order valence-corrected chi connectivity index (χ0v) is 18.8. The number of hydrogen-bond donors (Lipinski definition) is 2. The molecule has 2 aromatic carbocycles. The highest BCUT2D eigenvalue weighted by Crippen LogP contribution is 2.32. The Morgan fingerprint density at radius 3 is 2.73 bits per heavy atom. The second kappa shape index (κ2) is 10.1. The molecule has 0 radical (unpaired) electrons. The molecule has 30 heavy (non-hydrogen) atoms. The first-order valence-corrected chi connectivity index (χ1v) is 10.9. The molecule has 0 fully saturated rings. The van der Waals surface area contributed by atoms with Gasteiger partial charge >= 0.3 is 0 Å². The number of benzene rings is 2. The summed E-state index contributed by atoms with van der Waals surface area (Å²) in [5.41, 5.74) is 7.49. The molecule has 0 saturated heterocycles. The molecule has 1 unspecified atom stereocenters. The number of ether oxygens (including phenoxy) is 1. The fraction of sp³-hybridized carbons (Fsp3) is 0.250. The minimum absolute atomic E-state index is 0.164.